The number of thiazole rings is 1. The minimum atomic E-state index is -0.936. The maximum absolute atomic E-state index is 10.9. The van der Waals surface area contributed by atoms with E-state index >= 15 is 0 Å². The smallest absolute Gasteiger partial charge is 0.346 e. The number of anilines is 1. The standard InChI is InChI=1S/C9H8N2O3S2/c1-3-5-7(15-6(3)8(13)14)11-9(16-5)10-4(2)12/h1-2H3,(H,13,14)(H,10,11,12). The van der Waals surface area contributed by atoms with Crippen molar-refractivity contribution in [3.8, 4) is 0 Å². The van der Waals surface area contributed by atoms with Crippen LogP contribution in [0, 0.1) is 6.92 Å². The summed E-state index contributed by atoms with van der Waals surface area (Å²) in [6.45, 7) is 3.16. The van der Waals surface area contributed by atoms with Crippen LogP contribution in [0.2, 0.25) is 0 Å². The normalized spacial score (nSPS) is 10.6. The zero-order valence-electron chi connectivity index (χ0n) is 8.53. The first-order valence-electron chi connectivity index (χ1n) is 4.40. The molecule has 0 radical (unpaired) electrons. The van der Waals surface area contributed by atoms with Crippen LogP contribution in [-0.4, -0.2) is 22.0 Å². The van der Waals surface area contributed by atoms with E-state index < -0.39 is 5.97 Å². The van der Waals surface area contributed by atoms with E-state index in [4.69, 9.17) is 5.11 Å². The molecule has 2 rings (SSSR count). The molecule has 1 amide bonds. The number of carboxylic acid groups (broad SMARTS) is 1. The summed E-state index contributed by atoms with van der Waals surface area (Å²) < 4.78 is 0.825. The molecule has 7 heteroatoms. The zero-order chi connectivity index (χ0) is 11.9. The molecule has 16 heavy (non-hydrogen) atoms. The van der Waals surface area contributed by atoms with Gasteiger partial charge in [0.2, 0.25) is 5.91 Å². The highest BCUT2D eigenvalue weighted by Crippen LogP contribution is 2.36. The van der Waals surface area contributed by atoms with E-state index in [0.29, 0.717) is 20.4 Å². The first-order chi connectivity index (χ1) is 7.49. The summed E-state index contributed by atoms with van der Waals surface area (Å²) in [7, 11) is 0. The van der Waals surface area contributed by atoms with Crippen molar-refractivity contribution >= 4 is 49.2 Å². The Morgan fingerprint density at radius 3 is 2.56 bits per heavy atom. The summed E-state index contributed by atoms with van der Waals surface area (Å²) in [5.41, 5.74) is 0.710. The van der Waals surface area contributed by atoms with E-state index in [1.54, 1.807) is 6.92 Å². The van der Waals surface area contributed by atoms with E-state index in [2.05, 4.69) is 10.3 Å². The third kappa shape index (κ3) is 1.79. The predicted molar refractivity (Wildman–Crippen MR) is 63.5 cm³/mol. The SMILES string of the molecule is CC(=O)Nc1nc2sc(C(=O)O)c(C)c2s1. The highest BCUT2D eigenvalue weighted by Gasteiger charge is 2.18. The van der Waals surface area contributed by atoms with Crippen LogP contribution in [0.15, 0.2) is 0 Å². The highest BCUT2D eigenvalue weighted by atomic mass is 32.1. The van der Waals surface area contributed by atoms with Gasteiger partial charge in [0, 0.05) is 6.92 Å². The molecule has 0 aliphatic heterocycles. The molecule has 0 unspecified atom stereocenters. The fourth-order valence-corrected chi connectivity index (χ4v) is 3.50. The Kier molecular flexibility index (Phi) is 2.64. The predicted octanol–water partition coefficient (Wildman–Crippen LogP) is 2.32. The van der Waals surface area contributed by atoms with Crippen LogP contribution in [0.25, 0.3) is 9.53 Å². The molecule has 5 nitrogen and oxygen atoms in total. The summed E-state index contributed by atoms with van der Waals surface area (Å²) in [4.78, 5) is 26.8. The lowest BCUT2D eigenvalue weighted by Gasteiger charge is -1.93. The molecule has 0 atom stereocenters. The summed E-state index contributed by atoms with van der Waals surface area (Å²) >= 11 is 2.42. The van der Waals surface area contributed by atoms with Gasteiger partial charge in [-0.2, -0.15) is 0 Å². The molecular weight excluding hydrogens is 248 g/mol. The number of hydrogen-bond donors (Lipinski definition) is 2. The average Bonchev–Trinajstić information content (AvgIpc) is 2.65. The van der Waals surface area contributed by atoms with Crippen LogP contribution in [0.1, 0.15) is 22.2 Å². The van der Waals surface area contributed by atoms with Gasteiger partial charge in [0.25, 0.3) is 0 Å². The quantitative estimate of drug-likeness (QED) is 0.864. The zero-order valence-corrected chi connectivity index (χ0v) is 10.2. The van der Waals surface area contributed by atoms with Crippen molar-refractivity contribution in [2.24, 2.45) is 0 Å². The molecular formula is C9H8N2O3S2. The molecule has 0 aliphatic carbocycles. The van der Waals surface area contributed by atoms with Crippen LogP contribution in [-0.2, 0) is 4.79 Å². The first-order valence-corrected chi connectivity index (χ1v) is 6.03. The lowest BCUT2D eigenvalue weighted by Crippen LogP contribution is -2.04. The molecule has 2 N–H and O–H groups in total. The molecule has 0 saturated carbocycles. The van der Waals surface area contributed by atoms with Crippen LogP contribution >= 0.6 is 22.7 Å². The third-order valence-electron chi connectivity index (χ3n) is 1.95. The lowest BCUT2D eigenvalue weighted by molar-refractivity contribution is -0.114. The Morgan fingerprint density at radius 1 is 1.38 bits per heavy atom. The van der Waals surface area contributed by atoms with Crippen molar-refractivity contribution in [2.45, 2.75) is 13.8 Å². The second-order valence-corrected chi connectivity index (χ2v) is 5.19. The van der Waals surface area contributed by atoms with Gasteiger partial charge in [0.1, 0.15) is 9.71 Å². The Labute approximate surface area is 98.7 Å². The number of aryl methyl sites for hydroxylation is 1. The van der Waals surface area contributed by atoms with Gasteiger partial charge in [-0.15, -0.1) is 11.3 Å². The van der Waals surface area contributed by atoms with E-state index in [1.165, 1.54) is 18.3 Å². The van der Waals surface area contributed by atoms with Crippen LogP contribution in [0.4, 0.5) is 5.13 Å². The number of nitrogens with one attached hydrogen (secondary N) is 1. The largest absolute Gasteiger partial charge is 0.477 e. The van der Waals surface area contributed by atoms with Crippen molar-refractivity contribution in [2.75, 3.05) is 5.32 Å². The van der Waals surface area contributed by atoms with Gasteiger partial charge in [-0.25, -0.2) is 9.78 Å². The average molecular weight is 256 g/mol. The number of fused-ring (bicyclic) bond motifs is 1. The maximum atomic E-state index is 10.9. The van der Waals surface area contributed by atoms with E-state index in [0.717, 1.165) is 16.0 Å². The van der Waals surface area contributed by atoms with Crippen LogP contribution < -0.4 is 5.32 Å². The number of nitrogens with zero attached hydrogens (tertiary/aromatic N) is 1. The minimum Gasteiger partial charge on any atom is -0.477 e. The summed E-state index contributed by atoms with van der Waals surface area (Å²) in [6, 6.07) is 0. The van der Waals surface area contributed by atoms with Gasteiger partial charge < -0.3 is 10.4 Å². The second kappa shape index (κ2) is 3.84. The Morgan fingerprint density at radius 2 is 2.06 bits per heavy atom. The molecule has 0 bridgehead atoms. The van der Waals surface area contributed by atoms with Gasteiger partial charge in [0.05, 0.1) is 4.70 Å². The van der Waals surface area contributed by atoms with E-state index in [-0.39, 0.29) is 5.91 Å². The Bertz CT molecular complexity index is 585. The van der Waals surface area contributed by atoms with Gasteiger partial charge in [-0.1, -0.05) is 11.3 Å². The fraction of sp³-hybridized carbons (Fsp3) is 0.222. The topological polar surface area (TPSA) is 79.3 Å². The molecule has 2 heterocycles. The van der Waals surface area contributed by atoms with Crippen molar-refractivity contribution in [3.63, 3.8) is 0 Å². The molecule has 0 fully saturated rings. The number of aromatic nitrogens is 1. The molecule has 2 aromatic rings. The number of carbonyl (C=O) groups is 2. The molecule has 84 valence electrons. The number of thiophene rings is 1. The summed E-state index contributed by atoms with van der Waals surface area (Å²) in [5.74, 6) is -1.12. The third-order valence-corrected chi connectivity index (χ3v) is 4.35. The highest BCUT2D eigenvalue weighted by molar-refractivity contribution is 7.30. The van der Waals surface area contributed by atoms with Gasteiger partial charge in [0.15, 0.2) is 5.13 Å². The molecule has 0 spiro atoms. The number of amides is 1. The van der Waals surface area contributed by atoms with Crippen LogP contribution in [0.5, 0.6) is 0 Å². The van der Waals surface area contributed by atoms with Crippen LogP contribution in [0.3, 0.4) is 0 Å². The number of carboxylic acids is 1. The summed E-state index contributed by atoms with van der Waals surface area (Å²) in [6.07, 6.45) is 0. The summed E-state index contributed by atoms with van der Waals surface area (Å²) in [5, 5.41) is 12.0. The van der Waals surface area contributed by atoms with E-state index in [1.807, 2.05) is 0 Å². The van der Waals surface area contributed by atoms with Crippen molar-refractivity contribution in [1.29, 1.82) is 0 Å². The van der Waals surface area contributed by atoms with Gasteiger partial charge in [-0.3, -0.25) is 4.79 Å². The van der Waals surface area contributed by atoms with E-state index in [9.17, 15) is 9.59 Å². The van der Waals surface area contributed by atoms with Gasteiger partial charge in [-0.05, 0) is 12.5 Å². The first kappa shape index (κ1) is 11.0. The molecule has 0 saturated heterocycles. The molecule has 0 aromatic carbocycles. The maximum Gasteiger partial charge on any atom is 0.346 e. The lowest BCUT2D eigenvalue weighted by atomic mass is 10.3. The number of aromatic carboxylic acids is 1. The Hall–Kier alpha value is -1.47. The second-order valence-electron chi connectivity index (χ2n) is 3.20. The molecule has 2 aromatic heterocycles. The number of hydrogen-bond acceptors (Lipinski definition) is 5. The number of carbonyl (C=O) groups excluding carboxylic acids is 1. The van der Waals surface area contributed by atoms with Crippen molar-refractivity contribution < 1.29 is 14.7 Å². The van der Waals surface area contributed by atoms with Crippen molar-refractivity contribution in [1.82, 2.24) is 4.98 Å². The monoisotopic (exact) mass is 256 g/mol. The van der Waals surface area contributed by atoms with Gasteiger partial charge >= 0.3 is 5.97 Å². The fourth-order valence-electron chi connectivity index (χ4n) is 1.30. The molecule has 0 aliphatic rings. The number of rotatable bonds is 2. The van der Waals surface area contributed by atoms with Crippen molar-refractivity contribution in [3.05, 3.63) is 10.4 Å². The Balaban J connectivity index is 2.50. The minimum absolute atomic E-state index is 0.183.